The quantitative estimate of drug-likeness (QED) is 0.883. The fraction of sp³-hybridized carbons (Fsp3) is 0.214. The zero-order valence-corrected chi connectivity index (χ0v) is 11.2. The van der Waals surface area contributed by atoms with Crippen LogP contribution in [-0.2, 0) is 0 Å². The number of anilines is 3. The van der Waals surface area contributed by atoms with E-state index in [0.29, 0.717) is 23.0 Å². The van der Waals surface area contributed by atoms with E-state index in [0.717, 1.165) is 11.3 Å². The molecule has 0 unspecified atom stereocenters. The van der Waals surface area contributed by atoms with Gasteiger partial charge in [-0.2, -0.15) is 0 Å². The van der Waals surface area contributed by atoms with Gasteiger partial charge < -0.3 is 20.5 Å². The van der Waals surface area contributed by atoms with E-state index >= 15 is 0 Å². The van der Waals surface area contributed by atoms with E-state index < -0.39 is 0 Å². The molecule has 0 radical (unpaired) electrons. The molecule has 2 rings (SSSR count). The molecule has 0 spiro atoms. The van der Waals surface area contributed by atoms with Gasteiger partial charge in [-0.3, -0.25) is 0 Å². The predicted molar refractivity (Wildman–Crippen MR) is 76.2 cm³/mol. The molecule has 0 aliphatic carbocycles. The Balaban J connectivity index is 2.28. The van der Waals surface area contributed by atoms with Crippen molar-refractivity contribution in [3.63, 3.8) is 0 Å². The smallest absolute Gasteiger partial charge is 0.162 e. The van der Waals surface area contributed by atoms with Crippen LogP contribution in [0.5, 0.6) is 11.5 Å². The van der Waals surface area contributed by atoms with Crippen LogP contribution in [0.3, 0.4) is 0 Å². The van der Waals surface area contributed by atoms with Crippen LogP contribution in [0.15, 0.2) is 30.5 Å². The Morgan fingerprint density at radius 2 is 1.84 bits per heavy atom. The van der Waals surface area contributed by atoms with Gasteiger partial charge in [0.1, 0.15) is 0 Å². The van der Waals surface area contributed by atoms with E-state index in [-0.39, 0.29) is 0 Å². The molecule has 0 atom stereocenters. The van der Waals surface area contributed by atoms with Gasteiger partial charge in [-0.15, -0.1) is 0 Å². The lowest BCUT2D eigenvalue weighted by Gasteiger charge is -2.12. The number of rotatable bonds is 4. The summed E-state index contributed by atoms with van der Waals surface area (Å²) in [7, 11) is 3.20. The molecule has 0 fully saturated rings. The summed E-state index contributed by atoms with van der Waals surface area (Å²) in [6.07, 6.45) is 1.76. The first-order valence-electron chi connectivity index (χ1n) is 5.85. The zero-order chi connectivity index (χ0) is 13.8. The molecule has 0 aliphatic heterocycles. The van der Waals surface area contributed by atoms with Crippen molar-refractivity contribution in [2.24, 2.45) is 0 Å². The number of aryl methyl sites for hydroxylation is 1. The minimum absolute atomic E-state index is 0.606. The predicted octanol–water partition coefficient (Wildman–Crippen LogP) is 2.73. The summed E-state index contributed by atoms with van der Waals surface area (Å²) in [5, 5.41) is 3.15. The highest BCUT2D eigenvalue weighted by atomic mass is 16.5. The van der Waals surface area contributed by atoms with Gasteiger partial charge in [0.25, 0.3) is 0 Å². The number of aromatic nitrogens is 1. The number of pyridine rings is 1. The van der Waals surface area contributed by atoms with Crippen molar-refractivity contribution < 1.29 is 9.47 Å². The molecular formula is C14H17N3O2. The van der Waals surface area contributed by atoms with Gasteiger partial charge in [-0.05, 0) is 30.7 Å². The van der Waals surface area contributed by atoms with Crippen molar-refractivity contribution in [3.8, 4) is 11.5 Å². The molecular weight excluding hydrogens is 242 g/mol. The van der Waals surface area contributed by atoms with E-state index in [1.807, 2.05) is 31.2 Å². The number of hydrogen-bond acceptors (Lipinski definition) is 5. The molecule has 1 aromatic heterocycles. The maximum Gasteiger partial charge on any atom is 0.162 e. The summed E-state index contributed by atoms with van der Waals surface area (Å²) in [4.78, 5) is 4.26. The number of ether oxygens (including phenoxy) is 2. The summed E-state index contributed by atoms with van der Waals surface area (Å²) in [5.41, 5.74) is 8.38. The molecule has 0 amide bonds. The van der Waals surface area contributed by atoms with Crippen molar-refractivity contribution >= 4 is 17.2 Å². The van der Waals surface area contributed by atoms with Crippen LogP contribution >= 0.6 is 0 Å². The first-order valence-corrected chi connectivity index (χ1v) is 5.85. The number of nitrogen functional groups attached to an aromatic ring is 1. The summed E-state index contributed by atoms with van der Waals surface area (Å²) in [6.45, 7) is 1.95. The summed E-state index contributed by atoms with van der Waals surface area (Å²) in [5.74, 6) is 1.95. The Kier molecular flexibility index (Phi) is 3.75. The SMILES string of the molecule is COc1ccc(Nc2ncc(C)cc2N)cc1OC. The van der Waals surface area contributed by atoms with E-state index in [1.165, 1.54) is 0 Å². The Morgan fingerprint density at radius 3 is 2.47 bits per heavy atom. The highest BCUT2D eigenvalue weighted by Crippen LogP contribution is 2.31. The number of hydrogen-bond donors (Lipinski definition) is 2. The molecule has 1 aromatic carbocycles. The van der Waals surface area contributed by atoms with Crippen molar-refractivity contribution in [2.75, 3.05) is 25.3 Å². The summed E-state index contributed by atoms with van der Waals surface area (Å²) < 4.78 is 10.4. The molecule has 0 bridgehead atoms. The monoisotopic (exact) mass is 259 g/mol. The van der Waals surface area contributed by atoms with Crippen molar-refractivity contribution in [1.29, 1.82) is 0 Å². The minimum Gasteiger partial charge on any atom is -0.493 e. The molecule has 3 N–H and O–H groups in total. The van der Waals surface area contributed by atoms with Gasteiger partial charge in [0.2, 0.25) is 0 Å². The summed E-state index contributed by atoms with van der Waals surface area (Å²) in [6, 6.07) is 7.41. The fourth-order valence-corrected chi connectivity index (χ4v) is 1.75. The number of nitrogens with two attached hydrogens (primary N) is 1. The minimum atomic E-state index is 0.606. The van der Waals surface area contributed by atoms with Crippen molar-refractivity contribution in [1.82, 2.24) is 4.98 Å². The number of methoxy groups -OCH3 is 2. The molecule has 1 heterocycles. The Hall–Kier alpha value is -2.43. The highest BCUT2D eigenvalue weighted by Gasteiger charge is 2.06. The first kappa shape index (κ1) is 13.0. The molecule has 100 valence electrons. The van der Waals surface area contributed by atoms with Gasteiger partial charge in [0, 0.05) is 18.0 Å². The largest absolute Gasteiger partial charge is 0.493 e. The lowest BCUT2D eigenvalue weighted by Crippen LogP contribution is -2.00. The van der Waals surface area contributed by atoms with E-state index in [2.05, 4.69) is 10.3 Å². The molecule has 19 heavy (non-hydrogen) atoms. The van der Waals surface area contributed by atoms with Crippen LogP contribution in [0.25, 0.3) is 0 Å². The second-order valence-corrected chi connectivity index (χ2v) is 4.15. The van der Waals surface area contributed by atoms with Gasteiger partial charge in [-0.1, -0.05) is 0 Å². The van der Waals surface area contributed by atoms with E-state index in [1.54, 1.807) is 20.4 Å². The molecule has 5 nitrogen and oxygen atoms in total. The summed E-state index contributed by atoms with van der Waals surface area (Å²) >= 11 is 0. The van der Waals surface area contributed by atoms with Gasteiger partial charge in [0.15, 0.2) is 17.3 Å². The van der Waals surface area contributed by atoms with Crippen LogP contribution in [0.1, 0.15) is 5.56 Å². The van der Waals surface area contributed by atoms with Gasteiger partial charge in [0.05, 0.1) is 19.9 Å². The van der Waals surface area contributed by atoms with Gasteiger partial charge in [-0.25, -0.2) is 4.98 Å². The molecule has 0 saturated heterocycles. The lowest BCUT2D eigenvalue weighted by atomic mass is 10.2. The Labute approximate surface area is 112 Å². The average Bonchev–Trinajstić information content (AvgIpc) is 2.41. The third-order valence-electron chi connectivity index (χ3n) is 2.70. The maximum atomic E-state index is 5.91. The van der Waals surface area contributed by atoms with Crippen LogP contribution < -0.4 is 20.5 Å². The second kappa shape index (κ2) is 5.48. The first-order chi connectivity index (χ1) is 9.13. The molecule has 0 saturated carbocycles. The Bertz CT molecular complexity index is 585. The third kappa shape index (κ3) is 2.88. The maximum absolute atomic E-state index is 5.91. The number of nitrogens with one attached hydrogen (secondary N) is 1. The van der Waals surface area contributed by atoms with Crippen molar-refractivity contribution in [2.45, 2.75) is 6.92 Å². The standard InChI is InChI=1S/C14H17N3O2/c1-9-6-11(15)14(16-8-9)17-10-4-5-12(18-2)13(7-10)19-3/h4-8H,15H2,1-3H3,(H,16,17). The lowest BCUT2D eigenvalue weighted by molar-refractivity contribution is 0.355. The zero-order valence-electron chi connectivity index (χ0n) is 11.2. The molecule has 0 aliphatic rings. The number of benzene rings is 1. The van der Waals surface area contributed by atoms with Crippen molar-refractivity contribution in [3.05, 3.63) is 36.0 Å². The highest BCUT2D eigenvalue weighted by molar-refractivity contribution is 5.70. The average molecular weight is 259 g/mol. The van der Waals surface area contributed by atoms with E-state index in [9.17, 15) is 0 Å². The molecule has 2 aromatic rings. The van der Waals surface area contributed by atoms with Crippen LogP contribution in [0, 0.1) is 6.92 Å². The Morgan fingerprint density at radius 1 is 1.11 bits per heavy atom. The van der Waals surface area contributed by atoms with Crippen LogP contribution in [0.2, 0.25) is 0 Å². The molecule has 5 heteroatoms. The fourth-order valence-electron chi connectivity index (χ4n) is 1.75. The van der Waals surface area contributed by atoms with Crippen LogP contribution in [-0.4, -0.2) is 19.2 Å². The third-order valence-corrected chi connectivity index (χ3v) is 2.70. The van der Waals surface area contributed by atoms with Crippen LogP contribution in [0.4, 0.5) is 17.2 Å². The topological polar surface area (TPSA) is 69.4 Å². The number of nitrogens with zero attached hydrogens (tertiary/aromatic N) is 1. The second-order valence-electron chi connectivity index (χ2n) is 4.15. The van der Waals surface area contributed by atoms with E-state index in [4.69, 9.17) is 15.2 Å². The normalized spacial score (nSPS) is 10.1. The van der Waals surface area contributed by atoms with Gasteiger partial charge >= 0.3 is 0 Å².